The Labute approximate surface area is 128 Å². The van der Waals surface area contributed by atoms with Gasteiger partial charge in [-0.1, -0.05) is 13.0 Å². The second-order valence-corrected chi connectivity index (χ2v) is 5.69. The van der Waals surface area contributed by atoms with Crippen LogP contribution in [0.4, 0.5) is 8.78 Å². The number of fused-ring (bicyclic) bond motifs is 1. The van der Waals surface area contributed by atoms with Crippen LogP contribution in [-0.4, -0.2) is 9.97 Å². The van der Waals surface area contributed by atoms with E-state index in [1.54, 1.807) is 0 Å². The Balaban J connectivity index is 2.11. The molecule has 21 heavy (non-hydrogen) atoms. The minimum absolute atomic E-state index is 0.00110. The Morgan fingerprint density at radius 1 is 1.29 bits per heavy atom. The van der Waals surface area contributed by atoms with Crippen molar-refractivity contribution in [2.24, 2.45) is 0 Å². The van der Waals surface area contributed by atoms with Gasteiger partial charge in [-0.05, 0) is 36.2 Å². The van der Waals surface area contributed by atoms with Gasteiger partial charge < -0.3 is 4.74 Å². The quantitative estimate of drug-likeness (QED) is 0.637. The number of rotatable bonds is 3. The van der Waals surface area contributed by atoms with E-state index in [9.17, 15) is 8.78 Å². The Morgan fingerprint density at radius 2 is 2.10 bits per heavy atom. The molecule has 0 N–H and O–H groups in total. The molecule has 0 amide bonds. The van der Waals surface area contributed by atoms with Crippen LogP contribution in [0, 0.1) is 11.6 Å². The zero-order valence-electron chi connectivity index (χ0n) is 10.9. The van der Waals surface area contributed by atoms with Crippen molar-refractivity contribution in [3.63, 3.8) is 0 Å². The van der Waals surface area contributed by atoms with Crippen molar-refractivity contribution in [1.82, 2.24) is 9.97 Å². The molecule has 0 radical (unpaired) electrons. The number of thiophene rings is 1. The molecule has 0 aliphatic rings. The Morgan fingerprint density at radius 3 is 2.86 bits per heavy atom. The fraction of sp³-hybridized carbons (Fsp3) is 0.143. The van der Waals surface area contributed by atoms with Crippen LogP contribution in [0.2, 0.25) is 5.28 Å². The maximum atomic E-state index is 13.7. The molecule has 3 rings (SSSR count). The molecule has 108 valence electrons. The van der Waals surface area contributed by atoms with Crippen molar-refractivity contribution < 1.29 is 13.5 Å². The summed E-state index contributed by atoms with van der Waals surface area (Å²) < 4.78 is 32.3. The third-order valence-electron chi connectivity index (χ3n) is 2.85. The monoisotopic (exact) mass is 326 g/mol. The van der Waals surface area contributed by atoms with Crippen molar-refractivity contribution in [3.8, 4) is 11.6 Å². The first-order valence-electron chi connectivity index (χ1n) is 6.16. The number of nitrogens with zero attached hydrogens (tertiary/aromatic N) is 2. The SMILES string of the molecule is CCc1cc2c(Oc3cccc(F)c3F)nc(Cl)nc2s1. The highest BCUT2D eigenvalue weighted by molar-refractivity contribution is 7.18. The average Bonchev–Trinajstić information content (AvgIpc) is 2.87. The van der Waals surface area contributed by atoms with Crippen LogP contribution in [0.3, 0.4) is 0 Å². The maximum Gasteiger partial charge on any atom is 0.232 e. The van der Waals surface area contributed by atoms with Crippen molar-refractivity contribution in [1.29, 1.82) is 0 Å². The molecular formula is C14H9ClF2N2OS. The summed E-state index contributed by atoms with van der Waals surface area (Å²) in [6, 6.07) is 5.57. The minimum Gasteiger partial charge on any atom is -0.435 e. The highest BCUT2D eigenvalue weighted by atomic mass is 35.5. The van der Waals surface area contributed by atoms with E-state index in [4.69, 9.17) is 16.3 Å². The van der Waals surface area contributed by atoms with Crippen molar-refractivity contribution in [2.45, 2.75) is 13.3 Å². The number of benzene rings is 1. The predicted octanol–water partition coefficient (Wildman–Crippen LogP) is 4.98. The van der Waals surface area contributed by atoms with Crippen LogP contribution in [-0.2, 0) is 6.42 Å². The lowest BCUT2D eigenvalue weighted by Crippen LogP contribution is -1.95. The predicted molar refractivity (Wildman–Crippen MR) is 78.2 cm³/mol. The summed E-state index contributed by atoms with van der Waals surface area (Å²) in [5, 5.41) is 0.628. The summed E-state index contributed by atoms with van der Waals surface area (Å²) in [5.41, 5.74) is 0. The lowest BCUT2D eigenvalue weighted by molar-refractivity contribution is 0.408. The van der Waals surface area contributed by atoms with Crippen molar-refractivity contribution in [3.05, 3.63) is 46.1 Å². The number of hydrogen-bond donors (Lipinski definition) is 0. The molecule has 1 aromatic carbocycles. The van der Waals surface area contributed by atoms with Crippen molar-refractivity contribution in [2.75, 3.05) is 0 Å². The van der Waals surface area contributed by atoms with Crippen LogP contribution < -0.4 is 4.74 Å². The highest BCUT2D eigenvalue weighted by Crippen LogP contribution is 2.35. The average molecular weight is 327 g/mol. The van der Waals surface area contributed by atoms with E-state index in [1.165, 1.54) is 23.5 Å². The second kappa shape index (κ2) is 5.54. The van der Waals surface area contributed by atoms with Gasteiger partial charge in [-0.3, -0.25) is 0 Å². The summed E-state index contributed by atoms with van der Waals surface area (Å²) >= 11 is 7.31. The number of hydrogen-bond acceptors (Lipinski definition) is 4. The zero-order valence-corrected chi connectivity index (χ0v) is 12.4. The standard InChI is InChI=1S/C14H9ClF2N2OS/c1-2-7-6-8-12(18-14(15)19-13(8)21-7)20-10-5-3-4-9(16)11(10)17/h3-6H,2H2,1H3. The van der Waals surface area contributed by atoms with Crippen LogP contribution in [0.5, 0.6) is 11.6 Å². The summed E-state index contributed by atoms with van der Waals surface area (Å²) in [7, 11) is 0. The van der Waals surface area contributed by atoms with E-state index in [0.29, 0.717) is 10.2 Å². The highest BCUT2D eigenvalue weighted by Gasteiger charge is 2.15. The molecule has 0 saturated carbocycles. The van der Waals surface area contributed by atoms with Gasteiger partial charge in [0.2, 0.25) is 17.0 Å². The summed E-state index contributed by atoms with van der Waals surface area (Å²) in [6.45, 7) is 2.01. The van der Waals surface area contributed by atoms with Crippen LogP contribution in [0.1, 0.15) is 11.8 Å². The lowest BCUT2D eigenvalue weighted by Gasteiger charge is -2.07. The van der Waals surface area contributed by atoms with Crippen LogP contribution in [0.15, 0.2) is 24.3 Å². The van der Waals surface area contributed by atoms with E-state index < -0.39 is 11.6 Å². The normalized spacial score (nSPS) is 11.0. The molecular weight excluding hydrogens is 318 g/mol. The molecule has 7 heteroatoms. The molecule has 0 atom stereocenters. The van der Waals surface area contributed by atoms with Crippen LogP contribution >= 0.6 is 22.9 Å². The molecule has 0 saturated heterocycles. The number of aryl methyl sites for hydroxylation is 1. The molecule has 0 unspecified atom stereocenters. The van der Waals surface area contributed by atoms with E-state index >= 15 is 0 Å². The lowest BCUT2D eigenvalue weighted by atomic mass is 10.3. The van der Waals surface area contributed by atoms with Gasteiger partial charge in [0, 0.05) is 4.88 Å². The van der Waals surface area contributed by atoms with Gasteiger partial charge in [-0.25, -0.2) is 9.37 Å². The number of halogens is 3. The molecule has 2 aromatic heterocycles. The molecule has 3 nitrogen and oxygen atoms in total. The molecule has 0 aliphatic carbocycles. The third kappa shape index (κ3) is 2.69. The fourth-order valence-corrected chi connectivity index (χ4v) is 3.01. The summed E-state index contributed by atoms with van der Waals surface area (Å²) in [6.07, 6.45) is 0.826. The van der Waals surface area contributed by atoms with Crippen LogP contribution in [0.25, 0.3) is 10.2 Å². The summed E-state index contributed by atoms with van der Waals surface area (Å²) in [5.74, 6) is -2.17. The van der Waals surface area contributed by atoms with Gasteiger partial charge >= 0.3 is 0 Å². The smallest absolute Gasteiger partial charge is 0.232 e. The van der Waals surface area contributed by atoms with Gasteiger partial charge in [0.1, 0.15) is 4.83 Å². The summed E-state index contributed by atoms with van der Waals surface area (Å²) in [4.78, 5) is 9.80. The third-order valence-corrected chi connectivity index (χ3v) is 4.20. The second-order valence-electron chi connectivity index (χ2n) is 4.24. The number of ether oxygens (including phenoxy) is 1. The number of aromatic nitrogens is 2. The molecule has 0 spiro atoms. The first-order valence-corrected chi connectivity index (χ1v) is 7.35. The first kappa shape index (κ1) is 14.2. The van der Waals surface area contributed by atoms with E-state index in [2.05, 4.69) is 9.97 Å². The minimum atomic E-state index is -1.06. The van der Waals surface area contributed by atoms with Crippen molar-refractivity contribution >= 4 is 33.2 Å². The maximum absolute atomic E-state index is 13.7. The molecule has 3 aromatic rings. The van der Waals surface area contributed by atoms with Gasteiger partial charge in [0.15, 0.2) is 11.6 Å². The molecule has 0 fully saturated rings. The van der Waals surface area contributed by atoms with E-state index in [-0.39, 0.29) is 16.9 Å². The van der Waals surface area contributed by atoms with Gasteiger partial charge in [0.05, 0.1) is 5.39 Å². The zero-order chi connectivity index (χ0) is 15.0. The Hall–Kier alpha value is -1.79. The molecule has 2 heterocycles. The largest absolute Gasteiger partial charge is 0.435 e. The Kier molecular flexibility index (Phi) is 3.73. The topological polar surface area (TPSA) is 35.0 Å². The van der Waals surface area contributed by atoms with Gasteiger partial charge in [0.25, 0.3) is 0 Å². The van der Waals surface area contributed by atoms with Gasteiger partial charge in [-0.2, -0.15) is 9.37 Å². The van der Waals surface area contributed by atoms with E-state index in [1.807, 2.05) is 13.0 Å². The Bertz CT molecular complexity index is 822. The van der Waals surface area contributed by atoms with Gasteiger partial charge in [-0.15, -0.1) is 11.3 Å². The molecule has 0 aliphatic heterocycles. The van der Waals surface area contributed by atoms with E-state index in [0.717, 1.165) is 17.4 Å². The first-order chi connectivity index (χ1) is 10.1. The fourth-order valence-electron chi connectivity index (χ4n) is 1.84. The molecule has 0 bridgehead atoms.